The average Bonchev–Trinajstić information content (AvgIpc) is 3.99. The largest absolute Gasteiger partial charge is 0.488 e. The molecule has 12 nitrogen and oxygen atoms in total. The summed E-state index contributed by atoms with van der Waals surface area (Å²) < 4.78 is 11.7. The molecular weight excluding hydrogens is 658 g/mol. The quantitative estimate of drug-likeness (QED) is 0.119. The van der Waals surface area contributed by atoms with Crippen LogP contribution in [0.5, 0.6) is 5.75 Å². The first-order valence-electron chi connectivity index (χ1n) is 17.8. The Labute approximate surface area is 299 Å². The summed E-state index contributed by atoms with van der Waals surface area (Å²) in [5.41, 5.74) is 7.61. The van der Waals surface area contributed by atoms with Crippen molar-refractivity contribution in [1.82, 2.24) is 35.5 Å². The van der Waals surface area contributed by atoms with E-state index in [1.807, 2.05) is 18.3 Å². The van der Waals surface area contributed by atoms with Gasteiger partial charge in [-0.2, -0.15) is 0 Å². The van der Waals surface area contributed by atoms with Gasteiger partial charge in [-0.1, -0.05) is 48.5 Å². The number of hydrogen-bond acceptors (Lipinski definition) is 7. The lowest BCUT2D eigenvalue weighted by Crippen LogP contribution is -2.42. The number of ether oxygens (including phenoxy) is 2. The number of hydrogen-bond donors (Lipinski definition) is 5. The monoisotopic (exact) mass is 697 g/mol. The molecule has 2 aromatic heterocycles. The summed E-state index contributed by atoms with van der Waals surface area (Å²) in [4.78, 5) is 44.1. The zero-order valence-corrected chi connectivity index (χ0v) is 28.7. The van der Waals surface area contributed by atoms with E-state index in [4.69, 9.17) is 19.4 Å². The van der Waals surface area contributed by atoms with E-state index in [-0.39, 0.29) is 18.0 Å². The molecule has 5 N–H and O–H groups in total. The molecule has 0 saturated carbocycles. The Morgan fingerprint density at radius 2 is 1.94 bits per heavy atom. The highest BCUT2D eigenvalue weighted by atomic mass is 16.5. The smallest absolute Gasteiger partial charge is 0.405 e. The minimum atomic E-state index is -1.25. The minimum Gasteiger partial charge on any atom is -0.488 e. The van der Waals surface area contributed by atoms with Gasteiger partial charge in [-0.3, -0.25) is 4.79 Å². The van der Waals surface area contributed by atoms with Crippen LogP contribution < -0.4 is 15.4 Å². The van der Waals surface area contributed by atoms with Gasteiger partial charge in [0.25, 0.3) is 5.91 Å². The van der Waals surface area contributed by atoms with Crippen LogP contribution >= 0.6 is 0 Å². The predicted octanol–water partition coefficient (Wildman–Crippen LogP) is 6.64. The highest BCUT2D eigenvalue weighted by Gasteiger charge is 2.37. The van der Waals surface area contributed by atoms with Crippen molar-refractivity contribution in [2.45, 2.75) is 44.0 Å². The van der Waals surface area contributed by atoms with Crippen LogP contribution in [0.3, 0.4) is 0 Å². The van der Waals surface area contributed by atoms with Crippen molar-refractivity contribution in [2.24, 2.45) is 5.92 Å². The molecule has 0 aliphatic carbocycles. The molecule has 9 rings (SSSR count). The zero-order chi connectivity index (χ0) is 35.3. The second-order valence-electron chi connectivity index (χ2n) is 14.0. The van der Waals surface area contributed by atoms with Crippen molar-refractivity contribution in [2.75, 3.05) is 26.8 Å². The molecule has 2 amide bonds. The van der Waals surface area contributed by atoms with E-state index in [0.717, 1.165) is 93.7 Å². The van der Waals surface area contributed by atoms with Crippen LogP contribution in [-0.2, 0) is 16.1 Å². The van der Waals surface area contributed by atoms with E-state index >= 15 is 0 Å². The van der Waals surface area contributed by atoms with Crippen LogP contribution in [0.4, 0.5) is 4.79 Å². The molecular formula is C40H39N7O5. The number of amides is 2. The Kier molecular flexibility index (Phi) is 8.12. The van der Waals surface area contributed by atoms with E-state index in [1.54, 1.807) is 36.3 Å². The molecule has 2 fully saturated rings. The molecule has 3 aliphatic heterocycles. The molecule has 2 saturated heterocycles. The summed E-state index contributed by atoms with van der Waals surface area (Å²) in [6.45, 7) is 2.64. The molecule has 0 spiro atoms. The van der Waals surface area contributed by atoms with Gasteiger partial charge in [0.15, 0.2) is 0 Å². The molecule has 0 bridgehead atoms. The second-order valence-corrected chi connectivity index (χ2v) is 14.0. The van der Waals surface area contributed by atoms with Gasteiger partial charge in [0.2, 0.25) is 0 Å². The Morgan fingerprint density at radius 3 is 2.79 bits per heavy atom. The number of H-pyrrole nitrogens is 2. The average molecular weight is 698 g/mol. The fourth-order valence-electron chi connectivity index (χ4n) is 8.22. The molecule has 4 atom stereocenters. The van der Waals surface area contributed by atoms with Crippen LogP contribution in [0.25, 0.3) is 44.2 Å². The number of nitrogens with zero attached hydrogens (tertiary/aromatic N) is 3. The second kappa shape index (κ2) is 13.1. The van der Waals surface area contributed by atoms with Crippen LogP contribution in [0.1, 0.15) is 60.2 Å². The number of fused-ring (bicyclic) bond motifs is 6. The van der Waals surface area contributed by atoms with Gasteiger partial charge in [0.1, 0.15) is 30.0 Å². The van der Waals surface area contributed by atoms with Gasteiger partial charge < -0.3 is 40.1 Å². The van der Waals surface area contributed by atoms with Crippen molar-refractivity contribution in [1.29, 1.82) is 0 Å². The third-order valence-corrected chi connectivity index (χ3v) is 10.7. The van der Waals surface area contributed by atoms with E-state index in [9.17, 15) is 14.7 Å². The van der Waals surface area contributed by atoms with E-state index in [0.29, 0.717) is 30.5 Å². The maximum atomic E-state index is 13.9. The maximum Gasteiger partial charge on any atom is 0.405 e. The molecule has 12 heteroatoms. The number of aromatic amines is 2. The number of carboxylic acid groups (broad SMARTS) is 1. The summed E-state index contributed by atoms with van der Waals surface area (Å²) in [7, 11) is 1.75. The maximum absolute atomic E-state index is 13.9. The summed E-state index contributed by atoms with van der Waals surface area (Å²) in [6, 6.07) is 22.7. The van der Waals surface area contributed by atoms with E-state index in [2.05, 4.69) is 57.0 Å². The number of benzene rings is 4. The molecule has 5 heterocycles. The lowest BCUT2D eigenvalue weighted by atomic mass is 9.92. The zero-order valence-electron chi connectivity index (χ0n) is 28.7. The summed E-state index contributed by atoms with van der Waals surface area (Å²) in [5.74, 6) is 2.64. The standard InChI is InChI=1S/C40H39N7O5/c1-51-20-22-14-31(41-18-22)37-42-19-32(44-37)25-9-11-27-26(15-25)21-52-34-17-28-24(16-29(27)34)10-12-30-36(28)45-38(43-30)33-8-5-13-47(33)39(48)35(46-40(49)50)23-6-3-2-4-7-23/h2-4,6-7,9-12,15-17,19,22,31,33,35,41,46H,5,8,13-14,18,20-21H2,1H3,(H,42,44)(H,43,45)(H,49,50)/t22-,31-,33-,35?/m0/s1. The molecule has 0 radical (unpaired) electrons. The lowest BCUT2D eigenvalue weighted by molar-refractivity contribution is -0.134. The third-order valence-electron chi connectivity index (χ3n) is 10.7. The van der Waals surface area contributed by atoms with Crippen molar-refractivity contribution < 1.29 is 24.2 Å². The van der Waals surface area contributed by atoms with Crippen molar-refractivity contribution in [3.63, 3.8) is 0 Å². The molecule has 1 unspecified atom stereocenters. The SMILES string of the molecule is COC[C@@H]1CN[C@H](c2ncc(-c3ccc4c(c3)COc3cc5c(ccc6nc([C@@H]7CCCN7C(=O)C(NC(=O)O)c7ccccc7)[nH]c65)cc3-4)[nH]2)C1. The van der Waals surface area contributed by atoms with Gasteiger partial charge in [0.05, 0.1) is 41.6 Å². The Balaban J connectivity index is 0.990. The van der Waals surface area contributed by atoms with Crippen LogP contribution in [0.15, 0.2) is 79.0 Å². The van der Waals surface area contributed by atoms with E-state index < -0.39 is 12.1 Å². The highest BCUT2D eigenvalue weighted by molar-refractivity contribution is 6.07. The van der Waals surface area contributed by atoms with Gasteiger partial charge in [-0.15, -0.1) is 0 Å². The predicted molar refractivity (Wildman–Crippen MR) is 196 cm³/mol. The number of likely N-dealkylation sites (tertiary alicyclic amines) is 1. The van der Waals surface area contributed by atoms with E-state index in [1.165, 1.54) is 0 Å². The lowest BCUT2D eigenvalue weighted by Gasteiger charge is -2.28. The Morgan fingerprint density at radius 1 is 1.06 bits per heavy atom. The normalized spacial score (nSPS) is 20.1. The Bertz CT molecular complexity index is 2320. The van der Waals surface area contributed by atoms with Gasteiger partial charge in [0, 0.05) is 31.1 Å². The van der Waals surface area contributed by atoms with Crippen molar-refractivity contribution in [3.05, 3.63) is 102 Å². The number of methoxy groups -OCH3 is 1. The molecule has 6 aromatic rings. The van der Waals surface area contributed by atoms with Crippen LogP contribution in [0, 0.1) is 5.92 Å². The first-order chi connectivity index (χ1) is 25.4. The fourth-order valence-corrected chi connectivity index (χ4v) is 8.22. The number of nitrogens with one attached hydrogen (secondary N) is 4. The third kappa shape index (κ3) is 5.73. The number of carbonyl (C=O) groups excluding carboxylic acids is 1. The van der Waals surface area contributed by atoms with Gasteiger partial charge >= 0.3 is 6.09 Å². The molecule has 52 heavy (non-hydrogen) atoms. The first kappa shape index (κ1) is 32.2. The van der Waals surface area contributed by atoms with Crippen molar-refractivity contribution >= 4 is 33.8 Å². The van der Waals surface area contributed by atoms with Crippen LogP contribution in [0.2, 0.25) is 0 Å². The number of aromatic nitrogens is 4. The fraction of sp³-hybridized carbons (Fsp3) is 0.300. The molecule has 3 aliphatic rings. The number of rotatable bonds is 8. The molecule has 264 valence electrons. The van der Waals surface area contributed by atoms with Crippen LogP contribution in [-0.4, -0.2) is 68.7 Å². The minimum absolute atomic E-state index is 0.195. The summed E-state index contributed by atoms with van der Waals surface area (Å²) in [6.07, 6.45) is 3.17. The Hall–Kier alpha value is -5.72. The topological polar surface area (TPSA) is 157 Å². The number of carbonyl (C=O) groups is 2. The summed E-state index contributed by atoms with van der Waals surface area (Å²) in [5, 5.41) is 17.6. The van der Waals surface area contributed by atoms with Gasteiger partial charge in [-0.05, 0) is 77.1 Å². The van der Waals surface area contributed by atoms with Gasteiger partial charge in [-0.25, -0.2) is 14.8 Å². The summed E-state index contributed by atoms with van der Waals surface area (Å²) >= 11 is 0. The van der Waals surface area contributed by atoms with Crippen molar-refractivity contribution in [3.8, 4) is 28.1 Å². The first-order valence-corrected chi connectivity index (χ1v) is 17.8. The number of imidazole rings is 2. The highest BCUT2D eigenvalue weighted by Crippen LogP contribution is 2.43. The molecule has 4 aromatic carbocycles.